The van der Waals surface area contributed by atoms with Crippen molar-refractivity contribution in [2.75, 3.05) is 13.7 Å². The van der Waals surface area contributed by atoms with Gasteiger partial charge >= 0.3 is 5.97 Å². The molecule has 0 saturated carbocycles. The molecule has 15 heavy (non-hydrogen) atoms. The average Bonchev–Trinajstić information content (AvgIpc) is 2.30. The number of benzene rings is 1. The van der Waals surface area contributed by atoms with E-state index in [1.807, 2.05) is 6.07 Å². The molecule has 2 atom stereocenters. The quantitative estimate of drug-likeness (QED) is 0.707. The highest BCUT2D eigenvalue weighted by Crippen LogP contribution is 2.21. The molecule has 0 aliphatic carbocycles. The SMILES string of the molecule is COC(=O)[C@@H](CN)[C@H](O)c1ccccc1. The van der Waals surface area contributed by atoms with E-state index in [-0.39, 0.29) is 6.54 Å². The minimum Gasteiger partial charge on any atom is -0.469 e. The molecular formula is C11H15NO3. The van der Waals surface area contributed by atoms with Gasteiger partial charge in [0.15, 0.2) is 0 Å². The Labute approximate surface area is 88.7 Å². The Kier molecular flexibility index (Phi) is 4.27. The van der Waals surface area contributed by atoms with Gasteiger partial charge in [-0.05, 0) is 5.56 Å². The van der Waals surface area contributed by atoms with Crippen molar-refractivity contribution in [3.05, 3.63) is 35.9 Å². The van der Waals surface area contributed by atoms with E-state index in [0.717, 1.165) is 0 Å². The van der Waals surface area contributed by atoms with Gasteiger partial charge in [0, 0.05) is 6.54 Å². The van der Waals surface area contributed by atoms with Crippen molar-refractivity contribution in [2.24, 2.45) is 11.7 Å². The third-order valence-electron chi connectivity index (χ3n) is 2.28. The minimum absolute atomic E-state index is 0.0583. The number of hydrogen-bond donors (Lipinski definition) is 2. The maximum absolute atomic E-state index is 11.3. The predicted molar refractivity (Wildman–Crippen MR) is 56.0 cm³/mol. The Bertz CT molecular complexity index is 313. The van der Waals surface area contributed by atoms with Crippen molar-refractivity contribution in [2.45, 2.75) is 6.10 Å². The molecule has 0 bridgehead atoms. The molecule has 4 heteroatoms. The average molecular weight is 209 g/mol. The van der Waals surface area contributed by atoms with E-state index < -0.39 is 18.0 Å². The van der Waals surface area contributed by atoms with Gasteiger partial charge in [-0.1, -0.05) is 30.3 Å². The lowest BCUT2D eigenvalue weighted by molar-refractivity contribution is -0.149. The van der Waals surface area contributed by atoms with E-state index >= 15 is 0 Å². The Morgan fingerprint density at radius 1 is 1.47 bits per heavy atom. The summed E-state index contributed by atoms with van der Waals surface area (Å²) in [6.07, 6.45) is -0.913. The first kappa shape index (κ1) is 11.7. The molecule has 0 fully saturated rings. The summed E-state index contributed by atoms with van der Waals surface area (Å²) in [6, 6.07) is 8.92. The first-order valence-corrected chi connectivity index (χ1v) is 4.71. The third-order valence-corrected chi connectivity index (χ3v) is 2.28. The monoisotopic (exact) mass is 209 g/mol. The number of rotatable bonds is 4. The van der Waals surface area contributed by atoms with Gasteiger partial charge in [0.05, 0.1) is 19.1 Å². The molecule has 1 rings (SSSR count). The van der Waals surface area contributed by atoms with Gasteiger partial charge in [-0.3, -0.25) is 4.79 Å². The number of methoxy groups -OCH3 is 1. The van der Waals surface area contributed by atoms with Crippen LogP contribution in [0.5, 0.6) is 0 Å². The number of carbonyl (C=O) groups excluding carboxylic acids is 1. The van der Waals surface area contributed by atoms with Gasteiger partial charge in [-0.25, -0.2) is 0 Å². The van der Waals surface area contributed by atoms with Crippen molar-refractivity contribution in [1.29, 1.82) is 0 Å². The highest BCUT2D eigenvalue weighted by atomic mass is 16.5. The molecule has 0 aliphatic heterocycles. The van der Waals surface area contributed by atoms with E-state index in [0.29, 0.717) is 5.56 Å². The second-order valence-electron chi connectivity index (χ2n) is 3.22. The van der Waals surface area contributed by atoms with Gasteiger partial charge in [-0.2, -0.15) is 0 Å². The molecule has 1 aromatic carbocycles. The second-order valence-corrected chi connectivity index (χ2v) is 3.22. The summed E-state index contributed by atoms with van der Waals surface area (Å²) in [5.41, 5.74) is 6.09. The molecular weight excluding hydrogens is 194 g/mol. The van der Waals surface area contributed by atoms with Crippen LogP contribution < -0.4 is 5.73 Å². The second kappa shape index (κ2) is 5.48. The van der Waals surface area contributed by atoms with E-state index in [9.17, 15) is 9.90 Å². The molecule has 0 unspecified atom stereocenters. The van der Waals surface area contributed by atoms with Crippen LogP contribution in [-0.2, 0) is 9.53 Å². The van der Waals surface area contributed by atoms with Crippen LogP contribution in [-0.4, -0.2) is 24.7 Å². The Hall–Kier alpha value is -1.39. The van der Waals surface area contributed by atoms with Crippen LogP contribution >= 0.6 is 0 Å². The standard InChI is InChI=1S/C11H15NO3/c1-15-11(14)9(7-12)10(13)8-5-3-2-4-6-8/h2-6,9-10,13H,7,12H2,1H3/t9-,10+/m0/s1. The van der Waals surface area contributed by atoms with Gasteiger partial charge in [0.25, 0.3) is 0 Å². The summed E-state index contributed by atoms with van der Waals surface area (Å²) < 4.78 is 4.57. The molecule has 0 amide bonds. The van der Waals surface area contributed by atoms with Crippen molar-refractivity contribution in [3.63, 3.8) is 0 Å². The zero-order valence-electron chi connectivity index (χ0n) is 8.59. The number of nitrogens with two attached hydrogens (primary N) is 1. The topological polar surface area (TPSA) is 72.5 Å². The normalized spacial score (nSPS) is 14.3. The lowest BCUT2D eigenvalue weighted by Gasteiger charge is -2.19. The summed E-state index contributed by atoms with van der Waals surface area (Å²) in [6.45, 7) is 0.0583. The van der Waals surface area contributed by atoms with Gasteiger partial charge < -0.3 is 15.6 Å². The number of carbonyl (C=O) groups is 1. The number of aliphatic hydroxyl groups is 1. The van der Waals surface area contributed by atoms with Crippen LogP contribution in [0.2, 0.25) is 0 Å². The first-order chi connectivity index (χ1) is 7.20. The van der Waals surface area contributed by atoms with Crippen LogP contribution in [0.1, 0.15) is 11.7 Å². The predicted octanol–water partition coefficient (Wildman–Crippen LogP) is 0.468. The van der Waals surface area contributed by atoms with Crippen molar-refractivity contribution >= 4 is 5.97 Å². The van der Waals surface area contributed by atoms with Crippen molar-refractivity contribution in [3.8, 4) is 0 Å². The van der Waals surface area contributed by atoms with Gasteiger partial charge in [-0.15, -0.1) is 0 Å². The molecule has 4 nitrogen and oxygen atoms in total. The molecule has 1 aromatic rings. The molecule has 82 valence electrons. The molecule has 0 aliphatic rings. The number of esters is 1. The maximum Gasteiger partial charge on any atom is 0.312 e. The Balaban J connectivity index is 2.82. The Morgan fingerprint density at radius 3 is 2.53 bits per heavy atom. The van der Waals surface area contributed by atoms with Crippen LogP contribution in [0.15, 0.2) is 30.3 Å². The van der Waals surface area contributed by atoms with Crippen LogP contribution in [0.3, 0.4) is 0 Å². The fourth-order valence-corrected chi connectivity index (χ4v) is 1.39. The molecule has 0 heterocycles. The van der Waals surface area contributed by atoms with Crippen LogP contribution in [0, 0.1) is 5.92 Å². The first-order valence-electron chi connectivity index (χ1n) is 4.71. The summed E-state index contributed by atoms with van der Waals surface area (Å²) in [7, 11) is 1.28. The molecule has 0 radical (unpaired) electrons. The maximum atomic E-state index is 11.3. The summed E-state index contributed by atoms with van der Waals surface area (Å²) in [5.74, 6) is -1.20. The van der Waals surface area contributed by atoms with E-state index in [4.69, 9.17) is 5.73 Å². The van der Waals surface area contributed by atoms with Crippen LogP contribution in [0.4, 0.5) is 0 Å². The van der Waals surface area contributed by atoms with Gasteiger partial charge in [0.2, 0.25) is 0 Å². The number of hydrogen-bond acceptors (Lipinski definition) is 4. The fourth-order valence-electron chi connectivity index (χ4n) is 1.39. The lowest BCUT2D eigenvalue weighted by atomic mass is 9.96. The van der Waals surface area contributed by atoms with Crippen LogP contribution in [0.25, 0.3) is 0 Å². The molecule has 0 spiro atoms. The highest BCUT2D eigenvalue weighted by molar-refractivity contribution is 5.73. The van der Waals surface area contributed by atoms with E-state index in [1.54, 1.807) is 24.3 Å². The molecule has 0 aromatic heterocycles. The smallest absolute Gasteiger partial charge is 0.312 e. The lowest BCUT2D eigenvalue weighted by Crippen LogP contribution is -2.30. The summed E-state index contributed by atoms with van der Waals surface area (Å²) in [5, 5.41) is 9.90. The summed E-state index contributed by atoms with van der Waals surface area (Å²) >= 11 is 0. The molecule has 3 N–H and O–H groups in total. The Morgan fingerprint density at radius 2 is 2.07 bits per heavy atom. The third kappa shape index (κ3) is 2.78. The number of aliphatic hydroxyl groups excluding tert-OH is 1. The minimum atomic E-state index is -0.913. The number of ether oxygens (including phenoxy) is 1. The largest absolute Gasteiger partial charge is 0.469 e. The van der Waals surface area contributed by atoms with E-state index in [2.05, 4.69) is 4.74 Å². The van der Waals surface area contributed by atoms with Crippen molar-refractivity contribution < 1.29 is 14.6 Å². The van der Waals surface area contributed by atoms with Gasteiger partial charge in [0.1, 0.15) is 0 Å². The zero-order valence-corrected chi connectivity index (χ0v) is 8.59. The molecule has 0 saturated heterocycles. The highest BCUT2D eigenvalue weighted by Gasteiger charge is 2.27. The fraction of sp³-hybridized carbons (Fsp3) is 0.364. The van der Waals surface area contributed by atoms with E-state index in [1.165, 1.54) is 7.11 Å². The zero-order chi connectivity index (χ0) is 11.3. The van der Waals surface area contributed by atoms with Crippen molar-refractivity contribution in [1.82, 2.24) is 0 Å². The summed E-state index contributed by atoms with van der Waals surface area (Å²) in [4.78, 5) is 11.3.